The van der Waals surface area contributed by atoms with Crippen molar-refractivity contribution in [2.75, 3.05) is 0 Å². The first-order chi connectivity index (χ1) is 7.77. The lowest BCUT2D eigenvalue weighted by atomic mass is 9.94. The molecule has 0 bridgehead atoms. The quantitative estimate of drug-likeness (QED) is 0.696. The second-order valence-corrected chi connectivity index (χ2v) is 5.43. The smallest absolute Gasteiger partial charge is 0.0862 e. The number of hydrogen-bond acceptors (Lipinski definition) is 1. The van der Waals surface area contributed by atoms with Crippen molar-refractivity contribution in [3.05, 3.63) is 39.0 Å². The highest BCUT2D eigenvalue weighted by Crippen LogP contribution is 2.35. The van der Waals surface area contributed by atoms with Gasteiger partial charge in [-0.3, -0.25) is 4.98 Å². The van der Waals surface area contributed by atoms with Gasteiger partial charge in [-0.2, -0.15) is 0 Å². The van der Waals surface area contributed by atoms with Gasteiger partial charge >= 0.3 is 0 Å². The van der Waals surface area contributed by atoms with Gasteiger partial charge in [-0.15, -0.1) is 0 Å². The van der Waals surface area contributed by atoms with Crippen molar-refractivity contribution < 1.29 is 0 Å². The van der Waals surface area contributed by atoms with E-state index in [0.717, 1.165) is 33.2 Å². The Kier molecular flexibility index (Phi) is 2.64. The second kappa shape index (κ2) is 4.01. The maximum absolute atomic E-state index is 6.47. The summed E-state index contributed by atoms with van der Waals surface area (Å²) in [5.41, 5.74) is 3.45. The molecule has 1 aromatic carbocycles. The van der Waals surface area contributed by atoms with E-state index in [1.54, 1.807) is 0 Å². The van der Waals surface area contributed by atoms with E-state index >= 15 is 0 Å². The highest BCUT2D eigenvalue weighted by Gasteiger charge is 2.17. The van der Waals surface area contributed by atoms with Crippen molar-refractivity contribution in [3.63, 3.8) is 0 Å². The first kappa shape index (κ1) is 10.5. The summed E-state index contributed by atoms with van der Waals surface area (Å²) >= 11 is 10.0. The van der Waals surface area contributed by atoms with Crippen molar-refractivity contribution in [2.45, 2.75) is 25.7 Å². The molecule has 3 rings (SSSR count). The van der Waals surface area contributed by atoms with E-state index in [2.05, 4.69) is 15.9 Å². The lowest BCUT2D eigenvalue weighted by Crippen LogP contribution is -2.06. The molecule has 82 valence electrons. The summed E-state index contributed by atoms with van der Waals surface area (Å²) in [4.78, 5) is 4.74. The Morgan fingerprint density at radius 1 is 1.19 bits per heavy atom. The Morgan fingerprint density at radius 3 is 2.88 bits per heavy atom. The molecule has 0 saturated heterocycles. The number of para-hydroxylation sites is 1. The van der Waals surface area contributed by atoms with Crippen LogP contribution in [0.15, 0.2) is 22.7 Å². The van der Waals surface area contributed by atoms with Crippen LogP contribution in [-0.4, -0.2) is 4.98 Å². The zero-order valence-electron chi connectivity index (χ0n) is 8.76. The van der Waals surface area contributed by atoms with E-state index in [1.165, 1.54) is 24.1 Å². The standard InChI is InChI=1S/C13H11BrClN/c14-10-6-3-5-9-12(15)8-4-1-2-7-11(8)16-13(9)10/h3,5-6H,1-2,4,7H2. The van der Waals surface area contributed by atoms with Gasteiger partial charge in [-0.1, -0.05) is 23.7 Å². The number of nitrogens with zero attached hydrogens (tertiary/aromatic N) is 1. The van der Waals surface area contributed by atoms with Gasteiger partial charge in [0.25, 0.3) is 0 Å². The Bertz CT molecular complexity index is 565. The fourth-order valence-electron chi connectivity index (χ4n) is 2.35. The molecule has 2 aromatic rings. The number of aryl methyl sites for hydroxylation is 1. The molecule has 0 N–H and O–H groups in total. The van der Waals surface area contributed by atoms with E-state index in [1.807, 2.05) is 18.2 Å². The summed E-state index contributed by atoms with van der Waals surface area (Å²) in [6.45, 7) is 0. The zero-order chi connectivity index (χ0) is 11.1. The highest BCUT2D eigenvalue weighted by atomic mass is 79.9. The molecule has 1 nitrogen and oxygen atoms in total. The monoisotopic (exact) mass is 295 g/mol. The molecule has 1 aromatic heterocycles. The molecule has 1 heterocycles. The zero-order valence-corrected chi connectivity index (χ0v) is 11.1. The van der Waals surface area contributed by atoms with Crippen molar-refractivity contribution in [2.24, 2.45) is 0 Å². The third-order valence-electron chi connectivity index (χ3n) is 3.17. The van der Waals surface area contributed by atoms with Crippen LogP contribution in [0.3, 0.4) is 0 Å². The number of pyridine rings is 1. The largest absolute Gasteiger partial charge is 0.251 e. The fraction of sp³-hybridized carbons (Fsp3) is 0.308. The van der Waals surface area contributed by atoms with Crippen LogP contribution in [0.4, 0.5) is 0 Å². The van der Waals surface area contributed by atoms with E-state index < -0.39 is 0 Å². The maximum atomic E-state index is 6.47. The molecule has 0 fully saturated rings. The van der Waals surface area contributed by atoms with Crippen molar-refractivity contribution in [1.82, 2.24) is 4.98 Å². The molecule has 1 aliphatic carbocycles. The average molecular weight is 297 g/mol. The summed E-state index contributed by atoms with van der Waals surface area (Å²) in [5.74, 6) is 0. The molecule has 3 heteroatoms. The van der Waals surface area contributed by atoms with E-state index in [9.17, 15) is 0 Å². The van der Waals surface area contributed by atoms with Gasteiger partial charge in [0, 0.05) is 15.6 Å². The molecule has 0 atom stereocenters. The lowest BCUT2D eigenvalue weighted by Gasteiger charge is -2.18. The summed E-state index contributed by atoms with van der Waals surface area (Å²) in [7, 11) is 0. The molecule has 16 heavy (non-hydrogen) atoms. The second-order valence-electron chi connectivity index (χ2n) is 4.19. The van der Waals surface area contributed by atoms with Crippen LogP contribution in [0, 0.1) is 0 Å². The maximum Gasteiger partial charge on any atom is 0.0862 e. The number of benzene rings is 1. The molecule has 0 radical (unpaired) electrons. The lowest BCUT2D eigenvalue weighted by molar-refractivity contribution is 0.671. The van der Waals surface area contributed by atoms with Crippen LogP contribution in [0.1, 0.15) is 24.1 Å². The third-order valence-corrected chi connectivity index (χ3v) is 4.25. The predicted octanol–water partition coefficient (Wildman–Crippen LogP) is 4.53. The minimum absolute atomic E-state index is 0.904. The van der Waals surface area contributed by atoms with Crippen LogP contribution < -0.4 is 0 Å². The summed E-state index contributed by atoms with van der Waals surface area (Å²) in [6.07, 6.45) is 4.59. The SMILES string of the molecule is Clc1c2c(nc3c(Br)cccc13)CCCC2. The number of rotatable bonds is 0. The van der Waals surface area contributed by atoms with E-state index in [0.29, 0.717) is 0 Å². The van der Waals surface area contributed by atoms with Crippen LogP contribution in [0.5, 0.6) is 0 Å². The number of aromatic nitrogens is 1. The van der Waals surface area contributed by atoms with Gasteiger partial charge < -0.3 is 0 Å². The average Bonchev–Trinajstić information content (AvgIpc) is 2.31. The molecular formula is C13H11BrClN. The van der Waals surface area contributed by atoms with Gasteiger partial charge in [0.05, 0.1) is 10.5 Å². The minimum atomic E-state index is 0.904. The fourth-order valence-corrected chi connectivity index (χ4v) is 3.16. The Hall–Kier alpha value is -0.600. The molecule has 0 unspecified atom stereocenters. The predicted molar refractivity (Wildman–Crippen MR) is 71.1 cm³/mol. The molecule has 0 amide bonds. The van der Waals surface area contributed by atoms with Gasteiger partial charge in [-0.05, 0) is 53.2 Å². The molecular weight excluding hydrogens is 286 g/mol. The summed E-state index contributed by atoms with van der Waals surface area (Å²) in [5, 5.41) is 1.97. The first-order valence-electron chi connectivity index (χ1n) is 5.53. The van der Waals surface area contributed by atoms with Crippen molar-refractivity contribution in [3.8, 4) is 0 Å². The Labute approximate surface area is 108 Å². The molecule has 0 saturated carbocycles. The van der Waals surface area contributed by atoms with E-state index in [-0.39, 0.29) is 0 Å². The van der Waals surface area contributed by atoms with Gasteiger partial charge in [-0.25, -0.2) is 0 Å². The van der Waals surface area contributed by atoms with Crippen LogP contribution in [-0.2, 0) is 12.8 Å². The van der Waals surface area contributed by atoms with Crippen LogP contribution in [0.2, 0.25) is 5.02 Å². The van der Waals surface area contributed by atoms with Gasteiger partial charge in [0.15, 0.2) is 0 Å². The molecule has 0 aliphatic heterocycles. The van der Waals surface area contributed by atoms with Crippen LogP contribution >= 0.6 is 27.5 Å². The minimum Gasteiger partial charge on any atom is -0.251 e. The number of fused-ring (bicyclic) bond motifs is 2. The Morgan fingerprint density at radius 2 is 2.00 bits per heavy atom. The topological polar surface area (TPSA) is 12.9 Å². The first-order valence-corrected chi connectivity index (χ1v) is 6.70. The van der Waals surface area contributed by atoms with Gasteiger partial charge in [0.2, 0.25) is 0 Å². The van der Waals surface area contributed by atoms with Crippen molar-refractivity contribution in [1.29, 1.82) is 0 Å². The number of hydrogen-bond donors (Lipinski definition) is 0. The van der Waals surface area contributed by atoms with Crippen molar-refractivity contribution >= 4 is 38.4 Å². The summed E-state index contributed by atoms with van der Waals surface area (Å²) in [6, 6.07) is 6.07. The van der Waals surface area contributed by atoms with Gasteiger partial charge in [0.1, 0.15) is 0 Å². The van der Waals surface area contributed by atoms with Crippen LogP contribution in [0.25, 0.3) is 10.9 Å². The molecule has 0 spiro atoms. The third kappa shape index (κ3) is 1.56. The van der Waals surface area contributed by atoms with E-state index in [4.69, 9.17) is 16.6 Å². The normalized spacial score (nSPS) is 15.1. The summed E-state index contributed by atoms with van der Waals surface area (Å²) < 4.78 is 1.03. The number of halogens is 2. The Balaban J connectivity index is 2.39. The molecule has 1 aliphatic rings. The highest BCUT2D eigenvalue weighted by molar-refractivity contribution is 9.10.